The van der Waals surface area contributed by atoms with Crippen LogP contribution in [-0.2, 0) is 31.0 Å². The van der Waals surface area contributed by atoms with Crippen molar-refractivity contribution in [1.29, 1.82) is 0 Å². The molecule has 2 N–H and O–H groups in total. The second-order valence-corrected chi connectivity index (χ2v) is 16.2. The molecule has 13 heteroatoms. The number of fused-ring (bicyclic) bond motifs is 5. The fourth-order valence-corrected chi connectivity index (χ4v) is 10.7. The number of allylic oxidation sites excluding steroid dienone is 2. The van der Waals surface area contributed by atoms with Crippen LogP contribution < -0.4 is 4.90 Å². The van der Waals surface area contributed by atoms with Gasteiger partial charge in [-0.3, -0.25) is 33.6 Å². The van der Waals surface area contributed by atoms with E-state index < -0.39 is 46.9 Å². The van der Waals surface area contributed by atoms with Crippen LogP contribution in [0.15, 0.2) is 54.1 Å². The number of aromatic hydroxyl groups is 1. The van der Waals surface area contributed by atoms with Gasteiger partial charge in [0.2, 0.25) is 23.6 Å². The predicted molar refractivity (Wildman–Crippen MR) is 195 cm³/mol. The van der Waals surface area contributed by atoms with E-state index in [0.29, 0.717) is 28.5 Å². The Morgan fingerprint density at radius 2 is 1.81 bits per heavy atom. The number of carboxylic acids is 1. The van der Waals surface area contributed by atoms with Crippen molar-refractivity contribution in [3.05, 3.63) is 75.8 Å². The summed E-state index contributed by atoms with van der Waals surface area (Å²) in [5, 5.41) is 26.0. The lowest BCUT2D eigenvalue weighted by atomic mass is 9.51. The fourth-order valence-electron chi connectivity index (χ4n) is 9.36. The van der Waals surface area contributed by atoms with Crippen LogP contribution in [0.5, 0.6) is 5.75 Å². The SMILES string of the molecule is Cc1cc(C2C3=CCC4C(=O)N(CCCC(=O)O)C(=O)C4C3CC3C(=O)N(c4cc(-c5sc6ccc(Cl)cc6c5C)nn4C)C(=O)C32C)ccc1O. The van der Waals surface area contributed by atoms with Crippen molar-refractivity contribution < 1.29 is 34.2 Å². The molecule has 4 amide bonds. The maximum absolute atomic E-state index is 15.0. The lowest BCUT2D eigenvalue weighted by Crippen LogP contribution is -2.49. The Morgan fingerprint density at radius 1 is 1.04 bits per heavy atom. The van der Waals surface area contributed by atoms with Crippen LogP contribution in [0.3, 0.4) is 0 Å². The number of aliphatic carboxylic acids is 1. The number of imide groups is 2. The van der Waals surface area contributed by atoms with E-state index in [-0.39, 0.29) is 49.3 Å². The number of halogens is 1. The molecule has 2 saturated heterocycles. The maximum Gasteiger partial charge on any atom is 0.303 e. The molecule has 1 saturated carbocycles. The van der Waals surface area contributed by atoms with Gasteiger partial charge < -0.3 is 10.2 Å². The molecule has 2 aliphatic carbocycles. The van der Waals surface area contributed by atoms with Crippen LogP contribution in [0.1, 0.15) is 55.2 Å². The van der Waals surface area contributed by atoms with Crippen molar-refractivity contribution >= 4 is 68.4 Å². The molecule has 6 atom stereocenters. The highest BCUT2D eigenvalue weighted by Gasteiger charge is 2.68. The number of carbonyl (C=O) groups is 5. The van der Waals surface area contributed by atoms with Crippen LogP contribution in [0.4, 0.5) is 5.82 Å². The summed E-state index contributed by atoms with van der Waals surface area (Å²) < 4.78 is 2.59. The first-order valence-corrected chi connectivity index (χ1v) is 18.6. The first-order valence-electron chi connectivity index (χ1n) is 17.4. The monoisotopic (exact) mass is 740 g/mol. The Bertz CT molecular complexity index is 2290. The van der Waals surface area contributed by atoms with Crippen molar-refractivity contribution in [2.45, 2.75) is 52.4 Å². The summed E-state index contributed by atoms with van der Waals surface area (Å²) in [7, 11) is 1.71. The third-order valence-corrected chi connectivity index (χ3v) is 13.4. The summed E-state index contributed by atoms with van der Waals surface area (Å²) >= 11 is 7.85. The minimum atomic E-state index is -1.25. The molecular weight excluding hydrogens is 704 g/mol. The molecule has 11 nitrogen and oxygen atoms in total. The Balaban J connectivity index is 1.21. The van der Waals surface area contributed by atoms with Crippen LogP contribution in [0.25, 0.3) is 20.7 Å². The number of carboxylic acid groups (broad SMARTS) is 1. The van der Waals surface area contributed by atoms with Crippen molar-refractivity contribution in [2.24, 2.45) is 36.1 Å². The number of hydrogen-bond donors (Lipinski definition) is 2. The van der Waals surface area contributed by atoms with Gasteiger partial charge in [0, 0.05) is 41.7 Å². The topological polar surface area (TPSA) is 150 Å². The number of amides is 4. The summed E-state index contributed by atoms with van der Waals surface area (Å²) in [6.07, 6.45) is 2.45. The largest absolute Gasteiger partial charge is 0.508 e. The van der Waals surface area contributed by atoms with Crippen molar-refractivity contribution in [3.8, 4) is 16.3 Å². The minimum absolute atomic E-state index is 0.0150. The van der Waals surface area contributed by atoms with Gasteiger partial charge in [-0.2, -0.15) is 5.10 Å². The molecule has 0 spiro atoms. The van der Waals surface area contributed by atoms with E-state index in [1.54, 1.807) is 48.2 Å². The molecule has 0 radical (unpaired) electrons. The van der Waals surface area contributed by atoms with Gasteiger partial charge in [0.05, 0.1) is 28.0 Å². The van der Waals surface area contributed by atoms with E-state index in [2.05, 4.69) is 0 Å². The van der Waals surface area contributed by atoms with Gasteiger partial charge in [-0.1, -0.05) is 35.4 Å². The average Bonchev–Trinajstić information content (AvgIpc) is 3.76. The molecule has 268 valence electrons. The fraction of sp³-hybridized carbons (Fsp3) is 0.385. The van der Waals surface area contributed by atoms with E-state index in [1.165, 1.54) is 9.80 Å². The van der Waals surface area contributed by atoms with E-state index >= 15 is 0 Å². The Morgan fingerprint density at radius 3 is 2.54 bits per heavy atom. The number of aryl methyl sites for hydroxylation is 3. The molecule has 4 aromatic rings. The molecule has 3 fully saturated rings. The zero-order valence-electron chi connectivity index (χ0n) is 29.1. The standard InChI is InChI=1S/C39H37ClN4O7S/c1-18-14-20(7-11-28(18)45)33-22-9-10-23-32(37(50)43(35(23)48)13-5-6-31(46)47)25(22)16-26-36(49)44(38(51)39(26,33)3)30-17-27(41-42(30)4)34-19(2)24-15-21(40)8-12-29(24)52-34/h7-9,11-12,14-15,17,23,25-26,32-33,45H,5-6,10,13,16H2,1-4H3,(H,46,47). The zero-order chi connectivity index (χ0) is 37.0. The van der Waals surface area contributed by atoms with Gasteiger partial charge in [0.25, 0.3) is 0 Å². The van der Waals surface area contributed by atoms with E-state index in [0.717, 1.165) is 31.7 Å². The second-order valence-electron chi connectivity index (χ2n) is 14.7. The number of anilines is 1. The van der Waals surface area contributed by atoms with Gasteiger partial charge in [-0.05, 0) is 92.3 Å². The highest BCUT2D eigenvalue weighted by atomic mass is 35.5. The molecule has 0 bridgehead atoms. The first kappa shape index (κ1) is 34.3. The highest BCUT2D eigenvalue weighted by molar-refractivity contribution is 7.22. The number of nitrogens with zero attached hydrogens (tertiary/aromatic N) is 4. The Kier molecular flexibility index (Phi) is 8.00. The molecule has 52 heavy (non-hydrogen) atoms. The molecule has 4 aliphatic rings. The normalized spacial score (nSPS) is 26.9. The van der Waals surface area contributed by atoms with Gasteiger partial charge in [-0.25, -0.2) is 4.90 Å². The molecule has 8 rings (SSSR count). The highest BCUT2D eigenvalue weighted by Crippen LogP contribution is 2.63. The zero-order valence-corrected chi connectivity index (χ0v) is 30.6. The summed E-state index contributed by atoms with van der Waals surface area (Å²) in [6.45, 7) is 5.61. The second kappa shape index (κ2) is 12.1. The molecule has 2 aromatic carbocycles. The average molecular weight is 741 g/mol. The van der Waals surface area contributed by atoms with E-state index in [9.17, 15) is 29.1 Å². The molecule has 2 aliphatic heterocycles. The summed E-state index contributed by atoms with van der Waals surface area (Å²) in [4.78, 5) is 71.9. The lowest BCUT2D eigenvalue weighted by Gasteiger charge is -2.49. The maximum atomic E-state index is 15.0. The number of benzene rings is 2. The quantitative estimate of drug-likeness (QED) is 0.164. The smallest absolute Gasteiger partial charge is 0.303 e. The Labute approximate surface area is 308 Å². The third kappa shape index (κ3) is 4.90. The van der Waals surface area contributed by atoms with E-state index in [1.807, 2.05) is 44.2 Å². The van der Waals surface area contributed by atoms with Crippen molar-refractivity contribution in [2.75, 3.05) is 11.4 Å². The van der Waals surface area contributed by atoms with Gasteiger partial charge in [-0.15, -0.1) is 11.3 Å². The summed E-state index contributed by atoms with van der Waals surface area (Å²) in [5.74, 6) is -5.31. The van der Waals surface area contributed by atoms with Gasteiger partial charge >= 0.3 is 5.97 Å². The number of rotatable bonds is 7. The molecule has 6 unspecified atom stereocenters. The summed E-state index contributed by atoms with van der Waals surface area (Å²) in [5.41, 5.74) is 2.55. The molecular formula is C39H37ClN4O7S. The van der Waals surface area contributed by atoms with Crippen LogP contribution in [-0.4, -0.2) is 61.0 Å². The molecule has 2 aromatic heterocycles. The third-order valence-electron chi connectivity index (χ3n) is 11.9. The number of likely N-dealkylation sites (tertiary alicyclic amines) is 1. The van der Waals surface area contributed by atoms with Gasteiger partial charge in [0.15, 0.2) is 0 Å². The number of hydrogen-bond acceptors (Lipinski definition) is 8. The minimum Gasteiger partial charge on any atom is -0.508 e. The van der Waals surface area contributed by atoms with E-state index in [4.69, 9.17) is 21.8 Å². The number of thiophene rings is 1. The van der Waals surface area contributed by atoms with Gasteiger partial charge in [0.1, 0.15) is 17.3 Å². The number of carbonyl (C=O) groups excluding carboxylic acids is 4. The number of phenolic OH excluding ortho intramolecular Hbond substituents is 1. The van der Waals surface area contributed by atoms with Crippen LogP contribution >= 0.6 is 22.9 Å². The molecule has 4 heterocycles. The first-order chi connectivity index (χ1) is 24.7. The van der Waals surface area contributed by atoms with Crippen molar-refractivity contribution in [1.82, 2.24) is 14.7 Å². The Hall–Kier alpha value is -4.81. The summed E-state index contributed by atoms with van der Waals surface area (Å²) in [6, 6.07) is 12.7. The number of aromatic nitrogens is 2. The lowest BCUT2D eigenvalue weighted by molar-refractivity contribution is -0.142. The predicted octanol–water partition coefficient (Wildman–Crippen LogP) is 6.37. The van der Waals surface area contributed by atoms with Crippen molar-refractivity contribution in [3.63, 3.8) is 0 Å². The van der Waals surface area contributed by atoms with Crippen LogP contribution in [0, 0.1) is 42.9 Å². The van der Waals surface area contributed by atoms with Crippen LogP contribution in [0.2, 0.25) is 5.02 Å². The number of phenols is 1.